The molecule has 0 fully saturated rings. The van der Waals surface area contributed by atoms with Crippen LogP contribution in [0.2, 0.25) is 0 Å². The van der Waals surface area contributed by atoms with E-state index >= 15 is 0 Å². The summed E-state index contributed by atoms with van der Waals surface area (Å²) in [4.78, 5) is 39.8. The number of hydrogen-bond donors (Lipinski definition) is 1. The Morgan fingerprint density at radius 1 is 0.545 bits per heavy atom. The van der Waals surface area contributed by atoms with Gasteiger partial charge in [0.25, 0.3) is 7.82 Å². The Morgan fingerprint density at radius 3 is 1.44 bits per heavy atom. The number of esters is 1. The molecule has 0 radical (unpaired) electrons. The zero-order chi connectivity index (χ0) is 48.7. The van der Waals surface area contributed by atoms with E-state index in [9.17, 15) is 19.0 Å². The largest absolute Gasteiger partial charge is 0.756 e. The molecule has 1 amide bonds. The lowest BCUT2D eigenvalue weighted by Gasteiger charge is -2.30. The molecule has 0 rings (SSSR count). The molecule has 0 aliphatic heterocycles. The van der Waals surface area contributed by atoms with Crippen LogP contribution in [0.5, 0.6) is 0 Å². The smallest absolute Gasteiger partial charge is 0.306 e. The van der Waals surface area contributed by atoms with Crippen molar-refractivity contribution in [2.75, 3.05) is 40.9 Å². The van der Waals surface area contributed by atoms with Gasteiger partial charge < -0.3 is 28.5 Å². The Balaban J connectivity index is 5.37. The quantitative estimate of drug-likeness (QED) is 0.0212. The van der Waals surface area contributed by atoms with Gasteiger partial charge in [-0.2, -0.15) is 0 Å². The molecule has 3 unspecified atom stereocenters. The van der Waals surface area contributed by atoms with Gasteiger partial charge in [0.15, 0.2) is 0 Å². The summed E-state index contributed by atoms with van der Waals surface area (Å²) in [6, 6.07) is -0.886. The molecular weight excluding hydrogens is 844 g/mol. The molecule has 9 nitrogen and oxygen atoms in total. The van der Waals surface area contributed by atoms with Crippen LogP contribution in [-0.2, 0) is 27.9 Å². The summed E-state index contributed by atoms with van der Waals surface area (Å²) >= 11 is 0. The van der Waals surface area contributed by atoms with Gasteiger partial charge in [0, 0.05) is 12.8 Å². The predicted octanol–water partition coefficient (Wildman–Crippen LogP) is 15.8. The van der Waals surface area contributed by atoms with Gasteiger partial charge in [-0.3, -0.25) is 14.2 Å². The summed E-state index contributed by atoms with van der Waals surface area (Å²) < 4.78 is 30.2. The van der Waals surface area contributed by atoms with E-state index < -0.39 is 20.0 Å². The molecule has 0 spiro atoms. The van der Waals surface area contributed by atoms with Crippen molar-refractivity contribution in [3.8, 4) is 0 Å². The molecule has 10 heteroatoms. The van der Waals surface area contributed by atoms with Gasteiger partial charge in [0.2, 0.25) is 5.91 Å². The van der Waals surface area contributed by atoms with E-state index in [1.165, 1.54) is 141 Å². The molecule has 0 aliphatic rings. The number of amides is 1. The normalized spacial score (nSPS) is 14.1. The number of likely N-dealkylation sites (N-methyl/N-ethyl adjacent to an activating group) is 1. The lowest BCUT2D eigenvalue weighted by Crippen LogP contribution is -2.47. The van der Waals surface area contributed by atoms with E-state index in [0.717, 1.165) is 83.5 Å². The average molecular weight is 951 g/mol. The first kappa shape index (κ1) is 64.2. The molecule has 0 saturated carbocycles. The second-order valence-electron chi connectivity index (χ2n) is 20.1. The van der Waals surface area contributed by atoms with Crippen LogP contribution in [0.15, 0.2) is 36.5 Å². The molecule has 0 aromatic heterocycles. The third kappa shape index (κ3) is 47.3. The number of rotatable bonds is 50. The Hall–Kier alpha value is -1.77. The van der Waals surface area contributed by atoms with Gasteiger partial charge >= 0.3 is 5.97 Å². The maximum atomic E-state index is 13.4. The summed E-state index contributed by atoms with van der Waals surface area (Å²) in [7, 11) is 1.18. The second kappa shape index (κ2) is 46.9. The molecule has 0 saturated heterocycles. The van der Waals surface area contributed by atoms with E-state index in [0.29, 0.717) is 17.4 Å². The summed E-state index contributed by atoms with van der Waals surface area (Å²) in [5, 5.41) is 3.01. The Labute approximate surface area is 408 Å². The van der Waals surface area contributed by atoms with E-state index in [2.05, 4.69) is 50.4 Å². The highest BCUT2D eigenvalue weighted by Crippen LogP contribution is 2.38. The van der Waals surface area contributed by atoms with Crippen molar-refractivity contribution in [3.05, 3.63) is 36.5 Å². The highest BCUT2D eigenvalue weighted by atomic mass is 31.2. The van der Waals surface area contributed by atoms with Gasteiger partial charge in [0.1, 0.15) is 19.3 Å². The Bertz CT molecular complexity index is 1230. The van der Waals surface area contributed by atoms with E-state index in [1.54, 1.807) is 0 Å². The molecule has 388 valence electrons. The van der Waals surface area contributed by atoms with E-state index in [-0.39, 0.29) is 31.5 Å². The number of nitrogens with one attached hydrogen (secondary N) is 1. The number of allylic oxidation sites excluding steroid dienone is 5. The zero-order valence-corrected chi connectivity index (χ0v) is 45.0. The number of quaternary nitrogens is 1. The number of nitrogens with zero attached hydrogens (tertiary/aromatic N) is 1. The summed E-state index contributed by atoms with van der Waals surface area (Å²) in [5.74, 6) is -0.543. The first-order valence-corrected chi connectivity index (χ1v) is 29.3. The van der Waals surface area contributed by atoms with Crippen LogP contribution in [0.1, 0.15) is 258 Å². The summed E-state index contributed by atoms with van der Waals surface area (Å²) in [6.45, 7) is 6.74. The molecule has 3 atom stereocenters. The van der Waals surface area contributed by atoms with Crippen molar-refractivity contribution in [3.63, 3.8) is 0 Å². The van der Waals surface area contributed by atoms with Crippen LogP contribution in [0.4, 0.5) is 0 Å². The lowest BCUT2D eigenvalue weighted by atomic mass is 10.0. The van der Waals surface area contributed by atoms with Crippen LogP contribution in [0.25, 0.3) is 0 Å². The number of carbonyl (C=O) groups is 2. The summed E-state index contributed by atoms with van der Waals surface area (Å²) in [5.41, 5.74) is 0. The fraction of sp³-hybridized carbons (Fsp3) is 0.857. The number of hydrogen-bond acceptors (Lipinski definition) is 7. The summed E-state index contributed by atoms with van der Waals surface area (Å²) in [6.07, 6.45) is 53.9. The SMILES string of the molecule is CC/C=C/C/C=C/CCCCCCCCCC(=O)NC(COP(=O)([O-])OCC[N+](C)(C)C)C(/C=C/CCCCCCCCCCCC)OC(=O)CCCCCCCCCCCCCCCC. The first-order chi connectivity index (χ1) is 31.9. The van der Waals surface area contributed by atoms with Gasteiger partial charge in [-0.05, 0) is 57.4 Å². The van der Waals surface area contributed by atoms with Gasteiger partial charge in [-0.25, -0.2) is 0 Å². The second-order valence-corrected chi connectivity index (χ2v) is 21.5. The zero-order valence-electron chi connectivity index (χ0n) is 44.2. The molecular formula is C56H107N2O7P. The van der Waals surface area contributed by atoms with Crippen molar-refractivity contribution in [2.24, 2.45) is 0 Å². The molecule has 0 heterocycles. The average Bonchev–Trinajstić information content (AvgIpc) is 3.27. The minimum atomic E-state index is -4.69. The predicted molar refractivity (Wildman–Crippen MR) is 279 cm³/mol. The van der Waals surface area contributed by atoms with Crippen molar-refractivity contribution in [1.82, 2.24) is 5.32 Å². The van der Waals surface area contributed by atoms with Crippen LogP contribution in [-0.4, -0.2) is 69.4 Å². The number of phosphoric acid groups is 1. The molecule has 0 bridgehead atoms. The fourth-order valence-electron chi connectivity index (χ4n) is 8.03. The molecule has 0 aromatic carbocycles. The highest BCUT2D eigenvalue weighted by molar-refractivity contribution is 7.45. The first-order valence-electron chi connectivity index (χ1n) is 27.8. The van der Waals surface area contributed by atoms with Crippen LogP contribution in [0, 0.1) is 0 Å². The third-order valence-electron chi connectivity index (χ3n) is 12.3. The van der Waals surface area contributed by atoms with Crippen LogP contribution >= 0.6 is 7.82 Å². The Kier molecular flexibility index (Phi) is 45.7. The van der Waals surface area contributed by atoms with Gasteiger partial charge in [-0.15, -0.1) is 0 Å². The lowest BCUT2D eigenvalue weighted by molar-refractivity contribution is -0.870. The van der Waals surface area contributed by atoms with Crippen LogP contribution in [0.3, 0.4) is 0 Å². The van der Waals surface area contributed by atoms with Crippen LogP contribution < -0.4 is 10.2 Å². The maximum Gasteiger partial charge on any atom is 0.306 e. The highest BCUT2D eigenvalue weighted by Gasteiger charge is 2.27. The fourth-order valence-corrected chi connectivity index (χ4v) is 8.75. The maximum absolute atomic E-state index is 13.4. The van der Waals surface area contributed by atoms with Crippen molar-refractivity contribution < 1.29 is 37.3 Å². The van der Waals surface area contributed by atoms with E-state index in [4.69, 9.17) is 13.8 Å². The number of unbranched alkanes of at least 4 members (excludes halogenated alkanes) is 30. The minimum absolute atomic E-state index is 0.0222. The van der Waals surface area contributed by atoms with Crippen molar-refractivity contribution in [2.45, 2.75) is 270 Å². The van der Waals surface area contributed by atoms with Crippen molar-refractivity contribution >= 4 is 19.7 Å². The van der Waals surface area contributed by atoms with Gasteiger partial charge in [0.05, 0.1) is 33.8 Å². The van der Waals surface area contributed by atoms with Crippen molar-refractivity contribution in [1.29, 1.82) is 0 Å². The standard InChI is InChI=1S/C56H107N2O7P/c1-7-10-13-16-19-22-25-28-30-33-36-39-42-45-48-55(59)57-53(52-64-66(61,62)63-51-50-58(4,5)6)54(47-44-41-38-35-32-27-24-21-18-15-12-9-3)65-56(60)49-46-43-40-37-34-31-29-26-23-20-17-14-11-8-2/h10,13,19,22,44,47,53-54H,7-9,11-12,14-18,20-21,23-43,45-46,48-52H2,1-6H3,(H-,57,59,61,62)/b13-10+,22-19+,47-44+. The molecule has 0 aliphatic carbocycles. The van der Waals surface area contributed by atoms with Gasteiger partial charge in [-0.1, -0.05) is 225 Å². The minimum Gasteiger partial charge on any atom is -0.756 e. The third-order valence-corrected chi connectivity index (χ3v) is 13.3. The number of ether oxygens (including phenoxy) is 1. The molecule has 66 heavy (non-hydrogen) atoms. The Morgan fingerprint density at radius 2 is 0.970 bits per heavy atom. The molecule has 0 aromatic rings. The number of phosphoric ester groups is 1. The van der Waals surface area contributed by atoms with E-state index in [1.807, 2.05) is 33.3 Å². The number of carbonyl (C=O) groups excluding carboxylic acids is 2. The monoisotopic (exact) mass is 951 g/mol. The topological polar surface area (TPSA) is 114 Å². The molecule has 1 N–H and O–H groups in total.